The first kappa shape index (κ1) is 31.2. The Morgan fingerprint density at radius 2 is 1.91 bits per heavy atom. The third-order valence-corrected chi connectivity index (χ3v) is 6.52. The minimum atomic E-state index is -4.59. The van der Waals surface area contributed by atoms with Crippen molar-refractivity contribution in [3.63, 3.8) is 0 Å². The lowest BCUT2D eigenvalue weighted by Crippen LogP contribution is -2.55. The van der Waals surface area contributed by atoms with E-state index >= 15 is 0 Å². The number of halogens is 3. The van der Waals surface area contributed by atoms with E-state index in [4.69, 9.17) is 29.8 Å². The maximum atomic E-state index is 13.9. The van der Waals surface area contributed by atoms with E-state index in [1.165, 1.54) is 7.11 Å². The number of aliphatic hydroxyl groups excluding tert-OH is 1. The van der Waals surface area contributed by atoms with Crippen LogP contribution >= 0.6 is 0 Å². The Morgan fingerprint density at radius 1 is 1.14 bits per heavy atom. The summed E-state index contributed by atoms with van der Waals surface area (Å²) in [6.07, 6.45) is -5.47. The molecule has 226 valence electrons. The van der Waals surface area contributed by atoms with Crippen molar-refractivity contribution in [1.82, 2.24) is 10.9 Å². The normalized spacial score (nSPS) is 17.8. The number of hydrogen-bond acceptors (Lipinski definition) is 8. The fourth-order valence-corrected chi connectivity index (χ4v) is 4.52. The van der Waals surface area contributed by atoms with E-state index in [0.29, 0.717) is 41.2 Å². The number of nitrogens with zero attached hydrogens (tertiary/aromatic N) is 4. The maximum absolute atomic E-state index is 13.9. The summed E-state index contributed by atoms with van der Waals surface area (Å²) in [7, 11) is 1.47. The van der Waals surface area contributed by atoms with Crippen molar-refractivity contribution in [2.75, 3.05) is 26.9 Å². The van der Waals surface area contributed by atoms with E-state index in [1.807, 2.05) is 5.43 Å². The van der Waals surface area contributed by atoms with Gasteiger partial charge < -0.3 is 19.3 Å². The van der Waals surface area contributed by atoms with E-state index in [-0.39, 0.29) is 24.6 Å². The molecule has 14 heteroatoms. The second kappa shape index (κ2) is 13.9. The molecule has 0 aromatic heterocycles. The molecule has 0 saturated carbocycles. The van der Waals surface area contributed by atoms with Crippen molar-refractivity contribution in [1.29, 1.82) is 0 Å². The fourth-order valence-electron chi connectivity index (χ4n) is 4.52. The van der Waals surface area contributed by atoms with Crippen LogP contribution in [-0.2, 0) is 16.0 Å². The molecular formula is C29H29F3N6O5. The number of nitrogens with one attached hydrogen (secondary N) is 2. The zero-order valence-electron chi connectivity index (χ0n) is 23.0. The quantitative estimate of drug-likeness (QED) is 0.0821. The number of methoxy groups -OCH3 is 1. The maximum Gasteiger partial charge on any atom is 0.402 e. The van der Waals surface area contributed by atoms with Gasteiger partial charge in [-0.25, -0.2) is 10.4 Å². The van der Waals surface area contributed by atoms with Gasteiger partial charge in [0.2, 0.25) is 5.90 Å². The molecule has 1 aliphatic rings. The molecule has 3 N–H and O–H groups in total. The Morgan fingerprint density at radius 3 is 2.60 bits per heavy atom. The molecule has 1 aliphatic heterocycles. The first-order chi connectivity index (χ1) is 20.7. The van der Waals surface area contributed by atoms with Gasteiger partial charge in [0.1, 0.15) is 18.0 Å². The summed E-state index contributed by atoms with van der Waals surface area (Å²) in [4.78, 5) is 21.5. The van der Waals surface area contributed by atoms with E-state index in [1.54, 1.807) is 72.8 Å². The van der Waals surface area contributed by atoms with Crippen LogP contribution in [0, 0.1) is 0 Å². The molecule has 0 bridgehead atoms. The average Bonchev–Trinajstić information content (AvgIpc) is 3.38. The van der Waals surface area contributed by atoms with Gasteiger partial charge in [-0.3, -0.25) is 10.2 Å². The second-order valence-corrected chi connectivity index (χ2v) is 9.48. The van der Waals surface area contributed by atoms with E-state index in [9.17, 15) is 18.0 Å². The predicted octanol–water partition coefficient (Wildman–Crippen LogP) is 5.08. The minimum Gasteiger partial charge on any atom is -0.497 e. The Bertz CT molecular complexity index is 1490. The molecule has 0 aliphatic carbocycles. The lowest BCUT2D eigenvalue weighted by Gasteiger charge is -2.31. The summed E-state index contributed by atoms with van der Waals surface area (Å²) < 4.78 is 56.1. The van der Waals surface area contributed by atoms with Gasteiger partial charge in [0.05, 0.1) is 13.7 Å². The molecule has 2 atom stereocenters. The number of aliphatic hydroxyl groups is 1. The van der Waals surface area contributed by atoms with Gasteiger partial charge in [-0.2, -0.15) is 13.2 Å². The van der Waals surface area contributed by atoms with Gasteiger partial charge in [0, 0.05) is 35.6 Å². The second-order valence-electron chi connectivity index (χ2n) is 9.48. The van der Waals surface area contributed by atoms with Gasteiger partial charge >= 0.3 is 6.18 Å². The third kappa shape index (κ3) is 7.74. The van der Waals surface area contributed by atoms with Gasteiger partial charge in [0.15, 0.2) is 11.6 Å². The van der Waals surface area contributed by atoms with Crippen molar-refractivity contribution in [2.45, 2.75) is 30.7 Å². The molecule has 0 spiro atoms. The lowest BCUT2D eigenvalue weighted by atomic mass is 9.81. The number of azide groups is 1. The number of aliphatic imine (C=N–C) groups is 1. The zero-order valence-corrected chi connectivity index (χ0v) is 23.0. The van der Waals surface area contributed by atoms with Crippen LogP contribution in [0.3, 0.4) is 0 Å². The Balaban J connectivity index is 1.82. The molecule has 0 unspecified atom stereocenters. The molecule has 0 saturated heterocycles. The Kier molecular flexibility index (Phi) is 10.1. The van der Waals surface area contributed by atoms with Crippen LogP contribution in [0.15, 0.2) is 82.9 Å². The van der Waals surface area contributed by atoms with Crippen LogP contribution in [0.4, 0.5) is 18.9 Å². The molecule has 1 heterocycles. The summed E-state index contributed by atoms with van der Waals surface area (Å²) in [5.74, 6) is 0.142. The highest BCUT2D eigenvalue weighted by Gasteiger charge is 2.54. The molecular weight excluding hydrogens is 569 g/mol. The summed E-state index contributed by atoms with van der Waals surface area (Å²) in [5, 5.41) is 12.7. The standard InChI is InChI=1S/C29H29F3N6O5/c1-41-23-8-4-7-20(16-23)25-28(27(40)37-34-18-29(30,31)32,17-21-6-2-3-9-24(21)36-38-33)35-26(43-25)19-10-12-22(13-11-19)42-15-5-14-39/h2-4,6-13,16,25,34,39H,5,14-15,17-18H2,1H3,(H,37,40)/t25-,28-/m0/s1. The van der Waals surface area contributed by atoms with E-state index in [2.05, 4.69) is 15.5 Å². The van der Waals surface area contributed by atoms with Crippen molar-refractivity contribution in [2.24, 2.45) is 10.1 Å². The number of hydrazine groups is 1. The SMILES string of the molecule is COc1cccc([C@@H]2OC(c3ccc(OCCCO)cc3)=N[C@]2(Cc2ccccc2N=[N+]=[N-])C(=O)NNCC(F)(F)F)c1. The van der Waals surface area contributed by atoms with Crippen LogP contribution in [0.5, 0.6) is 11.5 Å². The monoisotopic (exact) mass is 598 g/mol. The molecule has 11 nitrogen and oxygen atoms in total. The topological polar surface area (TPSA) is 150 Å². The molecule has 0 fully saturated rings. The first-order valence-corrected chi connectivity index (χ1v) is 13.2. The highest BCUT2D eigenvalue weighted by molar-refractivity contribution is 6.01. The van der Waals surface area contributed by atoms with Crippen molar-refractivity contribution < 1.29 is 37.3 Å². The number of carbonyl (C=O) groups excluding carboxylic acids is 1. The first-order valence-electron chi connectivity index (χ1n) is 13.2. The number of rotatable bonds is 13. The number of benzene rings is 3. The van der Waals surface area contributed by atoms with Gasteiger partial charge in [-0.1, -0.05) is 41.5 Å². The summed E-state index contributed by atoms with van der Waals surface area (Å²) in [5.41, 5.74) is 12.9. The van der Waals surface area contributed by atoms with E-state index < -0.39 is 30.3 Å². The van der Waals surface area contributed by atoms with Crippen LogP contribution in [0.1, 0.15) is 29.2 Å². The van der Waals surface area contributed by atoms with Crippen LogP contribution < -0.4 is 20.3 Å². The average molecular weight is 599 g/mol. The number of ether oxygens (including phenoxy) is 3. The Hall–Kier alpha value is -4.78. The molecule has 1 amide bonds. The lowest BCUT2D eigenvalue weighted by molar-refractivity contribution is -0.136. The molecule has 4 rings (SSSR count). The molecule has 3 aromatic rings. The van der Waals surface area contributed by atoms with Gasteiger partial charge in [0.25, 0.3) is 5.91 Å². The molecule has 43 heavy (non-hydrogen) atoms. The number of hydrogen-bond donors (Lipinski definition) is 3. The highest BCUT2D eigenvalue weighted by atomic mass is 19.4. The third-order valence-electron chi connectivity index (χ3n) is 6.52. The number of alkyl halides is 3. The molecule has 3 aromatic carbocycles. The minimum absolute atomic E-state index is 0.0147. The van der Waals surface area contributed by atoms with E-state index in [0.717, 1.165) is 0 Å². The summed E-state index contributed by atoms with van der Waals surface area (Å²) in [6, 6.07) is 19.9. The van der Waals surface area contributed by atoms with Crippen molar-refractivity contribution >= 4 is 17.5 Å². The number of amides is 1. The largest absolute Gasteiger partial charge is 0.497 e. The van der Waals surface area contributed by atoms with Crippen molar-refractivity contribution in [3.8, 4) is 11.5 Å². The van der Waals surface area contributed by atoms with Crippen LogP contribution in [0.2, 0.25) is 0 Å². The predicted molar refractivity (Wildman–Crippen MR) is 151 cm³/mol. The smallest absolute Gasteiger partial charge is 0.402 e. The summed E-state index contributed by atoms with van der Waals surface area (Å²) >= 11 is 0. The fraction of sp³-hybridized carbons (Fsp3) is 0.310. The van der Waals surface area contributed by atoms with Crippen LogP contribution in [-0.4, -0.2) is 55.5 Å². The van der Waals surface area contributed by atoms with Crippen molar-refractivity contribution in [3.05, 3.63) is 99.9 Å². The summed E-state index contributed by atoms with van der Waals surface area (Å²) in [6.45, 7) is -1.19. The molecule has 0 radical (unpaired) electrons. The Labute approximate surface area is 244 Å². The van der Waals surface area contributed by atoms with Crippen LogP contribution in [0.25, 0.3) is 10.4 Å². The zero-order chi connectivity index (χ0) is 30.9. The van der Waals surface area contributed by atoms with Gasteiger partial charge in [-0.05, 0) is 53.1 Å². The highest BCUT2D eigenvalue weighted by Crippen LogP contribution is 2.44. The van der Waals surface area contributed by atoms with Gasteiger partial charge in [-0.15, -0.1) is 0 Å². The number of carbonyl (C=O) groups is 1.